The number of carbonyl (C=O) groups is 1. The van der Waals surface area contributed by atoms with E-state index in [0.717, 1.165) is 6.42 Å². The Kier molecular flexibility index (Phi) is 5.64. The van der Waals surface area contributed by atoms with E-state index >= 15 is 0 Å². The van der Waals surface area contributed by atoms with Crippen LogP contribution in [0.1, 0.15) is 25.6 Å². The zero-order chi connectivity index (χ0) is 17.0. The second-order valence-electron chi connectivity index (χ2n) is 5.71. The van der Waals surface area contributed by atoms with Crippen LogP contribution in [0.5, 0.6) is 0 Å². The van der Waals surface area contributed by atoms with Gasteiger partial charge in [-0.2, -0.15) is 4.31 Å². The third kappa shape index (κ3) is 4.03. The molecule has 8 nitrogen and oxygen atoms in total. The van der Waals surface area contributed by atoms with E-state index in [1.54, 1.807) is 23.4 Å². The van der Waals surface area contributed by atoms with Crippen LogP contribution in [0.25, 0.3) is 0 Å². The third-order valence-corrected chi connectivity index (χ3v) is 5.73. The number of hydrogen-bond acceptors (Lipinski definition) is 4. The number of rotatable bonds is 4. The average molecular weight is 343 g/mol. The van der Waals surface area contributed by atoms with Crippen LogP contribution in [-0.2, 0) is 17.1 Å². The van der Waals surface area contributed by atoms with Gasteiger partial charge in [0, 0.05) is 46.0 Å². The Hall–Kier alpha value is -1.61. The molecule has 1 N–H and O–H groups in total. The van der Waals surface area contributed by atoms with Crippen molar-refractivity contribution in [3.8, 4) is 0 Å². The largest absolute Gasteiger partial charge is 0.338 e. The van der Waals surface area contributed by atoms with Crippen LogP contribution in [0.3, 0.4) is 0 Å². The fraction of sp³-hybridized carbons (Fsp3) is 0.714. The monoisotopic (exact) mass is 343 g/mol. The van der Waals surface area contributed by atoms with Gasteiger partial charge in [-0.05, 0) is 19.8 Å². The van der Waals surface area contributed by atoms with Gasteiger partial charge in [-0.15, -0.1) is 0 Å². The molecule has 1 aromatic rings. The van der Waals surface area contributed by atoms with E-state index in [9.17, 15) is 13.2 Å². The maximum atomic E-state index is 12.7. The van der Waals surface area contributed by atoms with Crippen LogP contribution in [0.15, 0.2) is 11.2 Å². The lowest BCUT2D eigenvalue weighted by Gasteiger charge is -2.21. The van der Waals surface area contributed by atoms with E-state index in [1.165, 1.54) is 10.5 Å². The Bertz CT molecular complexity index is 636. The minimum absolute atomic E-state index is 0.0707. The number of urea groups is 1. The summed E-state index contributed by atoms with van der Waals surface area (Å²) in [4.78, 5) is 17.8. The van der Waals surface area contributed by atoms with E-state index in [1.807, 2.05) is 6.92 Å². The first-order valence-electron chi connectivity index (χ1n) is 7.89. The van der Waals surface area contributed by atoms with Crippen molar-refractivity contribution < 1.29 is 13.2 Å². The molecule has 130 valence electrons. The summed E-state index contributed by atoms with van der Waals surface area (Å²) >= 11 is 0. The first kappa shape index (κ1) is 17.7. The van der Waals surface area contributed by atoms with E-state index in [0.29, 0.717) is 38.4 Å². The van der Waals surface area contributed by atoms with Crippen LogP contribution >= 0.6 is 0 Å². The molecular weight excluding hydrogens is 318 g/mol. The second kappa shape index (κ2) is 7.31. The minimum Gasteiger partial charge on any atom is -0.338 e. The topological polar surface area (TPSA) is 87.5 Å². The average Bonchev–Trinajstić information content (AvgIpc) is 2.74. The summed E-state index contributed by atoms with van der Waals surface area (Å²) in [5.41, 5.74) is 0. The summed E-state index contributed by atoms with van der Waals surface area (Å²) in [6, 6.07) is -0.125. The first-order chi connectivity index (χ1) is 10.9. The van der Waals surface area contributed by atoms with Crippen LogP contribution in [0.4, 0.5) is 4.79 Å². The molecule has 1 fully saturated rings. The highest BCUT2D eigenvalue weighted by atomic mass is 32.2. The molecule has 23 heavy (non-hydrogen) atoms. The normalized spacial score (nSPS) is 17.1. The molecule has 0 atom stereocenters. The number of amides is 2. The summed E-state index contributed by atoms with van der Waals surface area (Å²) < 4.78 is 28.5. The van der Waals surface area contributed by atoms with E-state index < -0.39 is 10.0 Å². The van der Waals surface area contributed by atoms with Gasteiger partial charge >= 0.3 is 6.03 Å². The summed E-state index contributed by atoms with van der Waals surface area (Å²) in [5.74, 6) is 0.652. The number of sulfonamides is 1. The molecule has 0 unspecified atom stereocenters. The van der Waals surface area contributed by atoms with Crippen LogP contribution in [-0.4, -0.2) is 65.9 Å². The van der Waals surface area contributed by atoms with Crippen molar-refractivity contribution in [1.29, 1.82) is 0 Å². The molecule has 2 rings (SSSR count). The molecule has 1 aliphatic heterocycles. The van der Waals surface area contributed by atoms with Gasteiger partial charge in [-0.25, -0.2) is 18.2 Å². The molecule has 2 amide bonds. The van der Waals surface area contributed by atoms with Crippen LogP contribution in [0, 0.1) is 6.92 Å². The quantitative estimate of drug-likeness (QED) is 0.864. The molecule has 0 aliphatic carbocycles. The fourth-order valence-electron chi connectivity index (χ4n) is 2.46. The Morgan fingerprint density at radius 2 is 2.04 bits per heavy atom. The lowest BCUT2D eigenvalue weighted by atomic mass is 10.4. The number of aromatic nitrogens is 2. The van der Waals surface area contributed by atoms with Gasteiger partial charge in [0.2, 0.25) is 0 Å². The van der Waals surface area contributed by atoms with Crippen molar-refractivity contribution in [1.82, 2.24) is 24.1 Å². The number of hydrogen-bond donors (Lipinski definition) is 1. The predicted molar refractivity (Wildman–Crippen MR) is 86.6 cm³/mol. The van der Waals surface area contributed by atoms with Crippen molar-refractivity contribution in [3.05, 3.63) is 12.0 Å². The zero-order valence-electron chi connectivity index (χ0n) is 13.9. The fourth-order valence-corrected chi connectivity index (χ4v) is 3.96. The van der Waals surface area contributed by atoms with Gasteiger partial charge in [-0.3, -0.25) is 0 Å². The molecule has 0 radical (unpaired) electrons. The maximum Gasteiger partial charge on any atom is 0.317 e. The van der Waals surface area contributed by atoms with E-state index in [4.69, 9.17) is 0 Å². The maximum absolute atomic E-state index is 12.7. The highest BCUT2D eigenvalue weighted by molar-refractivity contribution is 7.89. The molecule has 1 aliphatic rings. The highest BCUT2D eigenvalue weighted by Crippen LogP contribution is 2.17. The Labute approximate surface area is 137 Å². The zero-order valence-corrected chi connectivity index (χ0v) is 14.8. The summed E-state index contributed by atoms with van der Waals surface area (Å²) in [7, 11) is -1.84. The minimum atomic E-state index is -3.61. The van der Waals surface area contributed by atoms with Crippen molar-refractivity contribution in [2.45, 2.75) is 31.7 Å². The number of imidazole rings is 1. The van der Waals surface area contributed by atoms with Crippen molar-refractivity contribution in [2.24, 2.45) is 7.05 Å². The molecular formula is C14H25N5O3S. The SMILES string of the molecule is CCCNC(=O)N1CCCN(S(=O)(=O)c2cn(C)c(C)n2)CC1. The number of carbonyl (C=O) groups excluding carboxylic acids is 1. The first-order valence-corrected chi connectivity index (χ1v) is 9.33. The summed E-state index contributed by atoms with van der Waals surface area (Å²) in [5, 5.41) is 2.90. The van der Waals surface area contributed by atoms with Gasteiger partial charge in [0.05, 0.1) is 0 Å². The van der Waals surface area contributed by atoms with Gasteiger partial charge in [0.15, 0.2) is 5.03 Å². The predicted octanol–water partition coefficient (Wildman–Crippen LogP) is 0.545. The van der Waals surface area contributed by atoms with Crippen molar-refractivity contribution >= 4 is 16.1 Å². The van der Waals surface area contributed by atoms with Crippen LogP contribution < -0.4 is 5.32 Å². The van der Waals surface area contributed by atoms with E-state index in [-0.39, 0.29) is 17.6 Å². The van der Waals surface area contributed by atoms with Crippen molar-refractivity contribution in [2.75, 3.05) is 32.7 Å². The molecule has 1 aromatic heterocycles. The van der Waals surface area contributed by atoms with Gasteiger partial charge in [0.1, 0.15) is 5.82 Å². The molecule has 9 heteroatoms. The standard InChI is InChI=1S/C14H25N5O3S/c1-4-6-15-14(20)18-7-5-8-19(10-9-18)23(21,22)13-11-17(3)12(2)16-13/h11H,4-10H2,1-3H3,(H,15,20). The smallest absolute Gasteiger partial charge is 0.317 e. The third-order valence-electron chi connectivity index (χ3n) is 3.96. The number of aryl methyl sites for hydroxylation is 2. The lowest BCUT2D eigenvalue weighted by molar-refractivity contribution is 0.200. The molecule has 0 saturated carbocycles. The van der Waals surface area contributed by atoms with Gasteiger partial charge in [-0.1, -0.05) is 6.92 Å². The summed E-state index contributed by atoms with van der Waals surface area (Å²) in [6.07, 6.45) is 3.02. The van der Waals surface area contributed by atoms with Crippen LogP contribution in [0.2, 0.25) is 0 Å². The molecule has 0 spiro atoms. The second-order valence-corrected chi connectivity index (χ2v) is 7.60. The Morgan fingerprint density at radius 3 is 2.65 bits per heavy atom. The van der Waals surface area contributed by atoms with Gasteiger partial charge < -0.3 is 14.8 Å². The molecule has 0 aromatic carbocycles. The van der Waals surface area contributed by atoms with E-state index in [2.05, 4.69) is 10.3 Å². The van der Waals surface area contributed by atoms with Crippen molar-refractivity contribution in [3.63, 3.8) is 0 Å². The lowest BCUT2D eigenvalue weighted by Crippen LogP contribution is -2.42. The summed E-state index contributed by atoms with van der Waals surface area (Å²) in [6.45, 7) is 6.02. The highest BCUT2D eigenvalue weighted by Gasteiger charge is 2.30. The molecule has 0 bridgehead atoms. The van der Waals surface area contributed by atoms with Gasteiger partial charge in [0.25, 0.3) is 10.0 Å². The number of nitrogens with one attached hydrogen (secondary N) is 1. The number of nitrogens with zero attached hydrogens (tertiary/aromatic N) is 4. The molecule has 1 saturated heterocycles. The molecule has 2 heterocycles. The Balaban J connectivity index is 2.06. The Morgan fingerprint density at radius 1 is 1.30 bits per heavy atom.